The maximum atomic E-state index is 6.36. The average Bonchev–Trinajstić information content (AvgIpc) is 3.54. The first kappa shape index (κ1) is 27.4. The van der Waals surface area contributed by atoms with Gasteiger partial charge in [0.05, 0.1) is 0 Å². The van der Waals surface area contributed by atoms with E-state index in [4.69, 9.17) is 19.4 Å². The van der Waals surface area contributed by atoms with Crippen LogP contribution in [0.3, 0.4) is 0 Å². The van der Waals surface area contributed by atoms with Gasteiger partial charge in [-0.25, -0.2) is 15.0 Å². The minimum Gasteiger partial charge on any atom is -0.456 e. The second-order valence-electron chi connectivity index (χ2n) is 12.3. The highest BCUT2D eigenvalue weighted by Gasteiger charge is 2.17. The van der Waals surface area contributed by atoms with Crippen molar-refractivity contribution in [2.24, 2.45) is 0 Å². The van der Waals surface area contributed by atoms with Crippen LogP contribution in [0.15, 0.2) is 162 Å². The van der Waals surface area contributed by atoms with Crippen molar-refractivity contribution in [2.45, 2.75) is 0 Å². The summed E-state index contributed by atoms with van der Waals surface area (Å²) in [7, 11) is 0. The molecule has 7 aromatic carbocycles. The Morgan fingerprint density at radius 3 is 2.02 bits per heavy atom. The normalized spacial score (nSPS) is 11.7. The molecule has 10 rings (SSSR count). The van der Waals surface area contributed by atoms with Crippen molar-refractivity contribution in [1.29, 1.82) is 0 Å². The number of furan rings is 1. The van der Waals surface area contributed by atoms with Gasteiger partial charge in [-0.05, 0) is 74.5 Å². The Morgan fingerprint density at radius 2 is 1.10 bits per heavy atom. The van der Waals surface area contributed by atoms with E-state index in [1.165, 1.54) is 5.39 Å². The summed E-state index contributed by atoms with van der Waals surface area (Å²) < 4.78 is 6.36. The van der Waals surface area contributed by atoms with Crippen LogP contribution in [0.2, 0.25) is 0 Å². The molecule has 0 fully saturated rings. The Kier molecular flexibility index (Phi) is 6.11. The first-order chi connectivity index (χ1) is 24.2. The molecule has 0 unspecified atom stereocenters. The molecule has 0 aliphatic rings. The van der Waals surface area contributed by atoms with Gasteiger partial charge in [0.15, 0.2) is 17.5 Å². The zero-order valence-corrected chi connectivity index (χ0v) is 26.2. The van der Waals surface area contributed by atoms with Crippen LogP contribution in [0.1, 0.15) is 0 Å². The number of hydrogen-bond acceptors (Lipinski definition) is 5. The van der Waals surface area contributed by atoms with Gasteiger partial charge in [0.2, 0.25) is 0 Å². The van der Waals surface area contributed by atoms with Crippen molar-refractivity contribution in [3.05, 3.63) is 158 Å². The molecular weight excluding hydrogens is 601 g/mol. The van der Waals surface area contributed by atoms with Crippen LogP contribution < -0.4 is 0 Å². The summed E-state index contributed by atoms with van der Waals surface area (Å²) in [6, 6.07) is 50.3. The molecule has 5 heteroatoms. The van der Waals surface area contributed by atoms with E-state index in [9.17, 15) is 0 Å². The van der Waals surface area contributed by atoms with Crippen molar-refractivity contribution in [3.63, 3.8) is 0 Å². The number of pyridine rings is 1. The lowest BCUT2D eigenvalue weighted by atomic mass is 9.95. The third-order valence-electron chi connectivity index (χ3n) is 9.36. The van der Waals surface area contributed by atoms with Gasteiger partial charge in [0.1, 0.15) is 11.2 Å². The van der Waals surface area contributed by atoms with Crippen molar-refractivity contribution in [2.75, 3.05) is 0 Å². The molecule has 0 amide bonds. The predicted octanol–water partition coefficient (Wildman–Crippen LogP) is 11.3. The minimum atomic E-state index is 0.638. The third kappa shape index (κ3) is 4.63. The molecule has 10 aromatic rings. The van der Waals surface area contributed by atoms with Gasteiger partial charge in [0.25, 0.3) is 0 Å². The summed E-state index contributed by atoms with van der Waals surface area (Å²) in [5.41, 5.74) is 6.82. The molecule has 0 spiro atoms. The summed E-state index contributed by atoms with van der Waals surface area (Å²) >= 11 is 0. The molecule has 0 saturated carbocycles. The van der Waals surface area contributed by atoms with E-state index in [1.807, 2.05) is 54.9 Å². The van der Waals surface area contributed by atoms with Crippen molar-refractivity contribution in [1.82, 2.24) is 19.9 Å². The molecule has 3 aromatic heterocycles. The molecule has 0 bridgehead atoms. The molecule has 228 valence electrons. The van der Waals surface area contributed by atoms with E-state index in [-0.39, 0.29) is 0 Å². The summed E-state index contributed by atoms with van der Waals surface area (Å²) in [5, 5.41) is 8.88. The molecule has 0 aliphatic carbocycles. The molecule has 3 heterocycles. The molecule has 49 heavy (non-hydrogen) atoms. The van der Waals surface area contributed by atoms with Gasteiger partial charge in [-0.3, -0.25) is 4.98 Å². The van der Waals surface area contributed by atoms with E-state index >= 15 is 0 Å². The molecular formula is C44H26N4O. The summed E-state index contributed by atoms with van der Waals surface area (Å²) in [4.78, 5) is 19.5. The third-order valence-corrected chi connectivity index (χ3v) is 9.36. The van der Waals surface area contributed by atoms with E-state index in [2.05, 4.69) is 108 Å². The standard InChI is InChI=1S/C44H26N4O/c1-2-9-28(10-3-1)42-46-43(33-17-16-27-8-4-5-11-29(27)22-33)48-44(47-42)37-14-6-12-31-23-32(18-19-35(31)37)36-13-7-15-39-41(36)38-24-34-26-45-21-20-30(34)25-40(38)49-39/h1-26H. The number of rotatable bonds is 4. The minimum absolute atomic E-state index is 0.638. The van der Waals surface area contributed by atoms with Crippen molar-refractivity contribution in [3.8, 4) is 45.3 Å². The van der Waals surface area contributed by atoms with Crippen LogP contribution in [-0.4, -0.2) is 19.9 Å². The highest BCUT2D eigenvalue weighted by Crippen LogP contribution is 2.40. The number of nitrogens with zero attached hydrogens (tertiary/aromatic N) is 4. The maximum absolute atomic E-state index is 6.36. The highest BCUT2D eigenvalue weighted by molar-refractivity contribution is 6.16. The second kappa shape index (κ2) is 10.9. The lowest BCUT2D eigenvalue weighted by Gasteiger charge is -2.12. The van der Waals surface area contributed by atoms with Gasteiger partial charge in [-0.2, -0.15) is 0 Å². The van der Waals surface area contributed by atoms with Gasteiger partial charge >= 0.3 is 0 Å². The van der Waals surface area contributed by atoms with Gasteiger partial charge in [-0.15, -0.1) is 0 Å². The highest BCUT2D eigenvalue weighted by atomic mass is 16.3. The lowest BCUT2D eigenvalue weighted by molar-refractivity contribution is 0.669. The topological polar surface area (TPSA) is 64.7 Å². The Bertz CT molecular complexity index is 2890. The average molecular weight is 627 g/mol. The Labute approximate surface area is 281 Å². The number of benzene rings is 7. The van der Waals surface area contributed by atoms with Crippen LogP contribution >= 0.6 is 0 Å². The Morgan fingerprint density at radius 1 is 0.388 bits per heavy atom. The van der Waals surface area contributed by atoms with Gasteiger partial charge < -0.3 is 4.42 Å². The molecule has 0 N–H and O–H groups in total. The smallest absolute Gasteiger partial charge is 0.164 e. The molecule has 0 atom stereocenters. The van der Waals surface area contributed by atoms with Crippen LogP contribution in [0.5, 0.6) is 0 Å². The summed E-state index contributed by atoms with van der Waals surface area (Å²) in [6.45, 7) is 0. The second-order valence-corrected chi connectivity index (χ2v) is 12.3. The lowest BCUT2D eigenvalue weighted by Crippen LogP contribution is -2.00. The predicted molar refractivity (Wildman–Crippen MR) is 199 cm³/mol. The van der Waals surface area contributed by atoms with E-state index in [0.717, 1.165) is 76.7 Å². The molecule has 0 saturated heterocycles. The Balaban J connectivity index is 1.14. The van der Waals surface area contributed by atoms with Gasteiger partial charge in [0, 0.05) is 45.2 Å². The fourth-order valence-corrected chi connectivity index (χ4v) is 6.96. The van der Waals surface area contributed by atoms with Crippen LogP contribution in [0.25, 0.3) is 99.5 Å². The molecule has 0 aliphatic heterocycles. The van der Waals surface area contributed by atoms with E-state index in [1.54, 1.807) is 0 Å². The number of hydrogen-bond donors (Lipinski definition) is 0. The molecule has 0 radical (unpaired) electrons. The zero-order chi connectivity index (χ0) is 32.3. The summed E-state index contributed by atoms with van der Waals surface area (Å²) in [6.07, 6.45) is 3.72. The SMILES string of the molecule is c1ccc(-c2nc(-c3ccc4ccccc4c3)nc(-c3cccc4cc(-c5cccc6oc7cc8ccncc8cc7c56)ccc34)n2)cc1. The maximum Gasteiger partial charge on any atom is 0.164 e. The first-order valence-electron chi connectivity index (χ1n) is 16.3. The van der Waals surface area contributed by atoms with Crippen molar-refractivity contribution < 1.29 is 4.42 Å². The van der Waals surface area contributed by atoms with Gasteiger partial charge in [-0.1, -0.05) is 109 Å². The van der Waals surface area contributed by atoms with E-state index in [0.29, 0.717) is 17.5 Å². The van der Waals surface area contributed by atoms with Crippen LogP contribution in [0.4, 0.5) is 0 Å². The van der Waals surface area contributed by atoms with E-state index < -0.39 is 0 Å². The quantitative estimate of drug-likeness (QED) is 0.194. The fourth-order valence-electron chi connectivity index (χ4n) is 6.96. The first-order valence-corrected chi connectivity index (χ1v) is 16.3. The van der Waals surface area contributed by atoms with Crippen LogP contribution in [0, 0.1) is 0 Å². The fraction of sp³-hybridized carbons (Fsp3) is 0. The zero-order valence-electron chi connectivity index (χ0n) is 26.2. The number of fused-ring (bicyclic) bond motifs is 6. The summed E-state index contributed by atoms with van der Waals surface area (Å²) in [5.74, 6) is 1.92. The monoisotopic (exact) mass is 626 g/mol. The molecule has 5 nitrogen and oxygen atoms in total. The number of aromatic nitrogens is 4. The largest absolute Gasteiger partial charge is 0.456 e. The Hall–Kier alpha value is -6.72. The van der Waals surface area contributed by atoms with Crippen LogP contribution in [-0.2, 0) is 0 Å². The van der Waals surface area contributed by atoms with Crippen molar-refractivity contribution >= 4 is 54.3 Å².